The van der Waals surface area contributed by atoms with Gasteiger partial charge >= 0.3 is 5.97 Å². The van der Waals surface area contributed by atoms with Crippen LogP contribution in [0.4, 0.5) is 5.69 Å². The molecule has 1 aromatic rings. The maximum atomic E-state index is 11.9. The van der Waals surface area contributed by atoms with Crippen molar-refractivity contribution in [2.75, 3.05) is 5.73 Å². The number of aryl methyl sites for hydroxylation is 1. The maximum absolute atomic E-state index is 11.9. The second-order valence-corrected chi connectivity index (χ2v) is 4.79. The summed E-state index contributed by atoms with van der Waals surface area (Å²) >= 11 is 0. The molecule has 17 heavy (non-hydrogen) atoms. The van der Waals surface area contributed by atoms with Crippen LogP contribution in [0.15, 0.2) is 12.3 Å². The van der Waals surface area contributed by atoms with Gasteiger partial charge in [0.15, 0.2) is 0 Å². The van der Waals surface area contributed by atoms with Gasteiger partial charge in [-0.2, -0.15) is 0 Å². The fourth-order valence-electron chi connectivity index (χ4n) is 1.92. The number of hydrogen-bond donors (Lipinski definition) is 1. The normalized spacial score (nSPS) is 12.8. The number of nitrogens with zero attached hydrogens (tertiary/aromatic N) is 1. The van der Waals surface area contributed by atoms with Crippen molar-refractivity contribution in [1.82, 2.24) is 4.57 Å². The van der Waals surface area contributed by atoms with E-state index >= 15 is 0 Å². The van der Waals surface area contributed by atoms with Crippen molar-refractivity contribution in [3.63, 3.8) is 0 Å². The van der Waals surface area contributed by atoms with Gasteiger partial charge in [-0.15, -0.1) is 0 Å². The molecule has 4 heteroatoms. The van der Waals surface area contributed by atoms with Gasteiger partial charge in [0.05, 0.1) is 11.8 Å². The van der Waals surface area contributed by atoms with Crippen LogP contribution in [0.5, 0.6) is 0 Å². The Morgan fingerprint density at radius 1 is 1.47 bits per heavy atom. The Labute approximate surface area is 103 Å². The van der Waals surface area contributed by atoms with Gasteiger partial charge < -0.3 is 15.0 Å². The number of esters is 1. The summed E-state index contributed by atoms with van der Waals surface area (Å²) in [7, 11) is 0. The summed E-state index contributed by atoms with van der Waals surface area (Å²) in [6.45, 7) is 8.81. The lowest BCUT2D eigenvalue weighted by atomic mass is 10.1. The van der Waals surface area contributed by atoms with Crippen LogP contribution in [0.2, 0.25) is 0 Å². The number of carbonyl (C=O) groups is 1. The molecule has 1 unspecified atom stereocenters. The summed E-state index contributed by atoms with van der Waals surface area (Å²) in [6, 6.07) is 1.66. The molecule has 0 fully saturated rings. The summed E-state index contributed by atoms with van der Waals surface area (Å²) in [5.41, 5.74) is 6.80. The molecular formula is C13H22N2O2. The van der Waals surface area contributed by atoms with E-state index in [4.69, 9.17) is 10.5 Å². The van der Waals surface area contributed by atoms with Crippen molar-refractivity contribution in [2.45, 2.75) is 46.8 Å². The lowest BCUT2D eigenvalue weighted by Crippen LogP contribution is -2.19. The van der Waals surface area contributed by atoms with Crippen molar-refractivity contribution in [3.05, 3.63) is 18.0 Å². The van der Waals surface area contributed by atoms with E-state index in [1.807, 2.05) is 13.8 Å². The molecule has 1 aromatic heterocycles. The van der Waals surface area contributed by atoms with Crippen molar-refractivity contribution < 1.29 is 9.53 Å². The third-order valence-corrected chi connectivity index (χ3v) is 2.58. The summed E-state index contributed by atoms with van der Waals surface area (Å²) in [5, 5.41) is 0. The van der Waals surface area contributed by atoms with E-state index in [-0.39, 0.29) is 12.1 Å². The van der Waals surface area contributed by atoms with E-state index in [0.717, 1.165) is 6.42 Å². The molecule has 4 nitrogen and oxygen atoms in total. The smallest absolute Gasteiger partial charge is 0.355 e. The highest BCUT2D eigenvalue weighted by Gasteiger charge is 2.17. The van der Waals surface area contributed by atoms with Crippen molar-refractivity contribution >= 4 is 11.7 Å². The van der Waals surface area contributed by atoms with Gasteiger partial charge in [0.1, 0.15) is 5.69 Å². The third-order valence-electron chi connectivity index (χ3n) is 2.58. The molecular weight excluding hydrogens is 216 g/mol. The average molecular weight is 238 g/mol. The van der Waals surface area contributed by atoms with Crippen LogP contribution in [-0.4, -0.2) is 16.6 Å². The highest BCUT2D eigenvalue weighted by molar-refractivity contribution is 5.89. The van der Waals surface area contributed by atoms with E-state index in [2.05, 4.69) is 13.8 Å². The van der Waals surface area contributed by atoms with Crippen LogP contribution in [0.3, 0.4) is 0 Å². The maximum Gasteiger partial charge on any atom is 0.355 e. The van der Waals surface area contributed by atoms with E-state index in [9.17, 15) is 4.79 Å². The Hall–Kier alpha value is -1.45. The Morgan fingerprint density at radius 3 is 2.65 bits per heavy atom. The third kappa shape index (κ3) is 3.80. The van der Waals surface area contributed by atoms with Gasteiger partial charge in [-0.25, -0.2) is 4.79 Å². The zero-order valence-electron chi connectivity index (χ0n) is 11.1. The molecule has 0 saturated heterocycles. The van der Waals surface area contributed by atoms with Gasteiger partial charge in [-0.1, -0.05) is 13.8 Å². The van der Waals surface area contributed by atoms with Crippen molar-refractivity contribution in [3.8, 4) is 0 Å². The van der Waals surface area contributed by atoms with E-state index in [0.29, 0.717) is 23.8 Å². The number of nitrogens with two attached hydrogens (primary N) is 1. The molecule has 0 bridgehead atoms. The molecule has 0 spiro atoms. The molecule has 2 N–H and O–H groups in total. The summed E-state index contributed by atoms with van der Waals surface area (Å²) in [6.07, 6.45) is 2.56. The predicted octanol–water partition coefficient (Wildman–Crippen LogP) is 2.68. The SMILES string of the molecule is CCn1cc(N)cc1C(=O)OC(C)CC(C)C. The van der Waals surface area contributed by atoms with Crippen LogP contribution < -0.4 is 5.73 Å². The fourth-order valence-corrected chi connectivity index (χ4v) is 1.92. The first-order chi connectivity index (χ1) is 7.93. The van der Waals surface area contributed by atoms with Gasteiger partial charge in [0, 0.05) is 12.7 Å². The molecule has 0 saturated carbocycles. The van der Waals surface area contributed by atoms with Gasteiger partial charge in [-0.05, 0) is 32.3 Å². The summed E-state index contributed by atoms with van der Waals surface area (Å²) < 4.78 is 7.19. The molecule has 1 heterocycles. The highest BCUT2D eigenvalue weighted by atomic mass is 16.5. The fraction of sp³-hybridized carbons (Fsp3) is 0.615. The number of anilines is 1. The van der Waals surface area contributed by atoms with E-state index in [1.54, 1.807) is 16.8 Å². The van der Waals surface area contributed by atoms with Gasteiger partial charge in [0.25, 0.3) is 0 Å². The second-order valence-electron chi connectivity index (χ2n) is 4.79. The quantitative estimate of drug-likeness (QED) is 0.802. The minimum absolute atomic E-state index is 0.0658. The van der Waals surface area contributed by atoms with E-state index < -0.39 is 0 Å². The van der Waals surface area contributed by atoms with Crippen LogP contribution in [0.1, 0.15) is 44.6 Å². The minimum Gasteiger partial charge on any atom is -0.458 e. The van der Waals surface area contributed by atoms with Crippen LogP contribution >= 0.6 is 0 Å². The Bertz CT molecular complexity index is 383. The average Bonchev–Trinajstić information content (AvgIpc) is 2.58. The highest BCUT2D eigenvalue weighted by Crippen LogP contribution is 2.15. The Morgan fingerprint density at radius 2 is 2.12 bits per heavy atom. The first kappa shape index (κ1) is 13.6. The predicted molar refractivity (Wildman–Crippen MR) is 68.9 cm³/mol. The molecule has 0 radical (unpaired) electrons. The summed E-state index contributed by atoms with van der Waals surface area (Å²) in [4.78, 5) is 11.9. The first-order valence-electron chi connectivity index (χ1n) is 6.10. The number of rotatable bonds is 5. The van der Waals surface area contributed by atoms with Crippen LogP contribution in [-0.2, 0) is 11.3 Å². The zero-order chi connectivity index (χ0) is 13.0. The monoisotopic (exact) mass is 238 g/mol. The molecule has 1 atom stereocenters. The summed E-state index contributed by atoms with van der Waals surface area (Å²) in [5.74, 6) is 0.220. The minimum atomic E-state index is -0.295. The molecule has 0 aliphatic rings. The number of carbonyl (C=O) groups excluding carboxylic acids is 1. The largest absolute Gasteiger partial charge is 0.458 e. The topological polar surface area (TPSA) is 57.2 Å². The first-order valence-corrected chi connectivity index (χ1v) is 6.10. The number of aromatic nitrogens is 1. The van der Waals surface area contributed by atoms with Crippen molar-refractivity contribution in [1.29, 1.82) is 0 Å². The second kappa shape index (κ2) is 5.75. The molecule has 96 valence electrons. The van der Waals surface area contributed by atoms with Crippen molar-refractivity contribution in [2.24, 2.45) is 5.92 Å². The molecule has 0 amide bonds. The molecule has 1 rings (SSSR count). The number of ether oxygens (including phenoxy) is 1. The van der Waals surface area contributed by atoms with Crippen LogP contribution in [0, 0.1) is 5.92 Å². The zero-order valence-corrected chi connectivity index (χ0v) is 11.1. The standard InChI is InChI=1S/C13H22N2O2/c1-5-15-8-11(14)7-12(15)13(16)17-10(4)6-9(2)3/h7-10H,5-6,14H2,1-4H3. The number of nitrogen functional groups attached to an aromatic ring is 1. The molecule has 0 aliphatic heterocycles. The Balaban J connectivity index is 2.69. The lowest BCUT2D eigenvalue weighted by Gasteiger charge is -2.15. The van der Waals surface area contributed by atoms with Gasteiger partial charge in [0.2, 0.25) is 0 Å². The Kier molecular flexibility index (Phi) is 4.61. The van der Waals surface area contributed by atoms with Gasteiger partial charge in [-0.3, -0.25) is 0 Å². The molecule has 0 aliphatic carbocycles. The number of hydrogen-bond acceptors (Lipinski definition) is 3. The lowest BCUT2D eigenvalue weighted by molar-refractivity contribution is 0.0287. The molecule has 0 aromatic carbocycles. The van der Waals surface area contributed by atoms with E-state index in [1.165, 1.54) is 0 Å². The van der Waals surface area contributed by atoms with Crippen LogP contribution in [0.25, 0.3) is 0 Å².